The Balaban J connectivity index is 1.75. The molecule has 4 rings (SSSR count). The molecule has 0 saturated heterocycles. The lowest BCUT2D eigenvalue weighted by molar-refractivity contribution is -0.138. The average molecular weight is 587 g/mol. The molecular weight excluding hydrogens is 548 g/mol. The molecule has 0 spiro atoms. The van der Waals surface area contributed by atoms with Crippen LogP contribution in [0.3, 0.4) is 0 Å². The van der Waals surface area contributed by atoms with Crippen LogP contribution in [0.25, 0.3) is 6.08 Å². The predicted octanol–water partition coefficient (Wildman–Crippen LogP) is 4.25. The van der Waals surface area contributed by atoms with Crippen molar-refractivity contribution in [3.63, 3.8) is 0 Å². The summed E-state index contributed by atoms with van der Waals surface area (Å²) in [5.41, 5.74) is 9.16. The van der Waals surface area contributed by atoms with Crippen molar-refractivity contribution in [1.29, 1.82) is 0 Å². The second kappa shape index (κ2) is 12.6. The van der Waals surface area contributed by atoms with Gasteiger partial charge in [-0.25, -0.2) is 0 Å². The first kappa shape index (κ1) is 31.2. The fraction of sp³-hybridized carbons (Fsp3) is 0.364. The molecule has 1 aromatic rings. The highest BCUT2D eigenvalue weighted by Crippen LogP contribution is 2.35. The molecule has 2 unspecified atom stereocenters. The summed E-state index contributed by atoms with van der Waals surface area (Å²) < 4.78 is 0. The average Bonchev–Trinajstić information content (AvgIpc) is 3.59. The van der Waals surface area contributed by atoms with Crippen LogP contribution in [0.2, 0.25) is 0 Å². The summed E-state index contributed by atoms with van der Waals surface area (Å²) >= 11 is 0. The number of hydrogen-bond acceptors (Lipinski definition) is 5. The molecule has 0 aromatic carbocycles. The predicted molar refractivity (Wildman–Crippen MR) is 164 cm³/mol. The third kappa shape index (κ3) is 6.38. The van der Waals surface area contributed by atoms with Gasteiger partial charge in [-0.3, -0.25) is 24.2 Å². The number of H-pyrrole nitrogens is 1. The third-order valence-electron chi connectivity index (χ3n) is 8.61. The van der Waals surface area contributed by atoms with Crippen molar-refractivity contribution in [2.75, 3.05) is 0 Å². The Morgan fingerprint density at radius 2 is 1.53 bits per heavy atom. The van der Waals surface area contributed by atoms with Crippen molar-refractivity contribution in [3.05, 3.63) is 87.0 Å². The fourth-order valence-corrected chi connectivity index (χ4v) is 6.02. The summed E-state index contributed by atoms with van der Waals surface area (Å²) in [6.07, 6.45) is 6.39. The number of rotatable bonds is 13. The molecule has 0 aliphatic carbocycles. The van der Waals surface area contributed by atoms with Crippen molar-refractivity contribution in [1.82, 2.24) is 15.6 Å². The first-order valence-electron chi connectivity index (χ1n) is 14.3. The molecule has 0 fully saturated rings. The van der Waals surface area contributed by atoms with Gasteiger partial charge in [-0.05, 0) is 80.0 Å². The van der Waals surface area contributed by atoms with E-state index in [9.17, 15) is 29.4 Å². The molecule has 2 atom stereocenters. The Kier molecular flexibility index (Phi) is 9.18. The number of carbonyl (C=O) groups is 4. The molecule has 3 aliphatic rings. The number of aliphatic imine (C=N–C) groups is 1. The van der Waals surface area contributed by atoms with Gasteiger partial charge in [-0.15, -0.1) is 0 Å². The zero-order valence-electron chi connectivity index (χ0n) is 25.0. The van der Waals surface area contributed by atoms with Gasteiger partial charge in [0.15, 0.2) is 0 Å². The van der Waals surface area contributed by atoms with Gasteiger partial charge < -0.3 is 25.8 Å². The van der Waals surface area contributed by atoms with Crippen LogP contribution < -0.4 is 10.6 Å². The maximum absolute atomic E-state index is 12.4. The van der Waals surface area contributed by atoms with E-state index in [1.54, 1.807) is 19.1 Å². The van der Waals surface area contributed by atoms with Crippen LogP contribution in [0.5, 0.6) is 0 Å². The van der Waals surface area contributed by atoms with E-state index in [1.165, 1.54) is 0 Å². The number of aliphatic carboxylic acids is 2. The molecule has 10 heteroatoms. The standard InChI is InChI=1S/C33H38N4O6/c1-7-20-19(6)32(42)37-27(20)14-25-18(5)23(10-12-31(40)41)29(35-25)15-28-22(9-11-30(38)39)17(4)24(34-28)13-26-16(3)21(8-2)33(43)36-26/h7-8,15,26-27,35H,1-2,9-14H2,3-6H3,(H,36,43)(H,37,42)(H,38,39)(H,40,41)/b28-15-. The highest BCUT2D eigenvalue weighted by molar-refractivity contribution is 6.07. The van der Waals surface area contributed by atoms with Crippen molar-refractivity contribution >= 4 is 35.5 Å². The van der Waals surface area contributed by atoms with Gasteiger partial charge in [-0.1, -0.05) is 25.3 Å². The van der Waals surface area contributed by atoms with Crippen LogP contribution >= 0.6 is 0 Å². The molecule has 5 N–H and O–H groups in total. The normalized spacial score (nSPS) is 21.1. The zero-order chi connectivity index (χ0) is 31.6. The minimum Gasteiger partial charge on any atom is -0.481 e. The molecule has 0 radical (unpaired) electrons. The van der Waals surface area contributed by atoms with Gasteiger partial charge in [0, 0.05) is 53.9 Å². The van der Waals surface area contributed by atoms with Crippen molar-refractivity contribution in [3.8, 4) is 0 Å². The highest BCUT2D eigenvalue weighted by Gasteiger charge is 2.32. The molecule has 0 bridgehead atoms. The second-order valence-electron chi connectivity index (χ2n) is 11.1. The summed E-state index contributed by atoms with van der Waals surface area (Å²) in [4.78, 5) is 56.1. The van der Waals surface area contributed by atoms with E-state index in [2.05, 4.69) is 28.8 Å². The first-order valence-corrected chi connectivity index (χ1v) is 14.3. The van der Waals surface area contributed by atoms with Crippen molar-refractivity contribution < 1.29 is 29.4 Å². The summed E-state index contributed by atoms with van der Waals surface area (Å²) in [7, 11) is 0. The lowest BCUT2D eigenvalue weighted by Gasteiger charge is -2.13. The van der Waals surface area contributed by atoms with E-state index < -0.39 is 11.9 Å². The molecule has 2 amide bonds. The Bertz CT molecular complexity index is 1600. The lowest BCUT2D eigenvalue weighted by Crippen LogP contribution is -2.30. The molecule has 4 heterocycles. The number of aromatic nitrogens is 1. The number of nitrogens with zero attached hydrogens (tertiary/aromatic N) is 1. The van der Waals surface area contributed by atoms with Crippen LogP contribution in [-0.2, 0) is 32.0 Å². The zero-order valence-corrected chi connectivity index (χ0v) is 25.0. The number of aromatic amines is 1. The van der Waals surface area contributed by atoms with Crippen LogP contribution in [0.15, 0.2) is 69.4 Å². The Morgan fingerprint density at radius 1 is 0.884 bits per heavy atom. The van der Waals surface area contributed by atoms with Crippen molar-refractivity contribution in [2.45, 2.75) is 78.3 Å². The van der Waals surface area contributed by atoms with Crippen LogP contribution in [-0.4, -0.2) is 56.7 Å². The Labute approximate surface area is 250 Å². The molecule has 43 heavy (non-hydrogen) atoms. The van der Waals surface area contributed by atoms with E-state index in [0.29, 0.717) is 35.4 Å². The highest BCUT2D eigenvalue weighted by atomic mass is 16.4. The Morgan fingerprint density at radius 3 is 2.14 bits per heavy atom. The molecular formula is C33H38N4O6. The van der Waals surface area contributed by atoms with Crippen LogP contribution in [0, 0.1) is 6.92 Å². The van der Waals surface area contributed by atoms with Gasteiger partial charge in [0.05, 0.1) is 17.8 Å². The van der Waals surface area contributed by atoms with E-state index in [1.807, 2.05) is 26.8 Å². The smallest absolute Gasteiger partial charge is 0.303 e. The molecule has 226 valence electrons. The van der Waals surface area contributed by atoms with Gasteiger partial charge >= 0.3 is 11.9 Å². The van der Waals surface area contributed by atoms with Gasteiger partial charge in [0.25, 0.3) is 5.91 Å². The van der Waals surface area contributed by atoms with E-state index in [4.69, 9.17) is 4.99 Å². The number of allylic oxidation sites excluding steroid dienone is 2. The SMILES string of the molecule is C=CC1=C(C)C(CC2=N/C(=C\c3[nH]c(CC4NC(=O)C(C)=C4C=C)c(C)c3CCC(=O)O)C(CCC(=O)O)=C2C)NC1=O. The number of nitrogens with one attached hydrogen (secondary N) is 3. The summed E-state index contributed by atoms with van der Waals surface area (Å²) in [6, 6.07) is -0.519. The largest absolute Gasteiger partial charge is 0.481 e. The topological polar surface area (TPSA) is 161 Å². The van der Waals surface area contributed by atoms with Crippen LogP contribution in [0.4, 0.5) is 0 Å². The molecule has 10 nitrogen and oxygen atoms in total. The second-order valence-corrected chi connectivity index (χ2v) is 11.1. The summed E-state index contributed by atoms with van der Waals surface area (Å²) in [6.45, 7) is 15.1. The molecule has 1 aromatic heterocycles. The van der Waals surface area contributed by atoms with Gasteiger partial charge in [0.1, 0.15) is 0 Å². The monoisotopic (exact) mass is 586 g/mol. The van der Waals surface area contributed by atoms with Gasteiger partial charge in [-0.2, -0.15) is 0 Å². The number of carbonyl (C=O) groups excluding carboxylic acids is 2. The number of amides is 2. The minimum absolute atomic E-state index is 0.0702. The Hall–Kier alpha value is -4.73. The summed E-state index contributed by atoms with van der Waals surface area (Å²) in [5.74, 6) is -2.17. The lowest BCUT2D eigenvalue weighted by atomic mass is 9.95. The van der Waals surface area contributed by atoms with Gasteiger partial charge in [0.2, 0.25) is 5.91 Å². The molecule has 3 aliphatic heterocycles. The van der Waals surface area contributed by atoms with E-state index in [0.717, 1.165) is 44.8 Å². The quantitative estimate of drug-likeness (QED) is 0.232. The van der Waals surface area contributed by atoms with E-state index >= 15 is 0 Å². The van der Waals surface area contributed by atoms with E-state index in [-0.39, 0.29) is 49.6 Å². The number of carboxylic acids is 2. The maximum Gasteiger partial charge on any atom is 0.303 e. The minimum atomic E-state index is -0.925. The summed E-state index contributed by atoms with van der Waals surface area (Å²) in [5, 5.41) is 24.8. The molecule has 0 saturated carbocycles. The fourth-order valence-electron chi connectivity index (χ4n) is 6.02. The number of hydrogen-bond donors (Lipinski definition) is 5. The maximum atomic E-state index is 12.4. The first-order chi connectivity index (χ1) is 20.4. The third-order valence-corrected chi connectivity index (χ3v) is 8.61. The number of carboxylic acid groups (broad SMARTS) is 2. The van der Waals surface area contributed by atoms with Crippen molar-refractivity contribution in [2.24, 2.45) is 4.99 Å². The van der Waals surface area contributed by atoms with Crippen LogP contribution in [0.1, 0.15) is 69.0 Å².